The Hall–Kier alpha value is -3.86. The van der Waals surface area contributed by atoms with Crippen LogP contribution in [0.1, 0.15) is 0 Å². The largest absolute Gasteiger partial charge is 0.497 e. The monoisotopic (exact) mass is 368 g/mol. The zero-order valence-electron chi connectivity index (χ0n) is 15.1. The van der Waals surface area contributed by atoms with Crippen LogP contribution in [0.5, 0.6) is 17.4 Å². The third-order valence-corrected chi connectivity index (χ3v) is 4.49. The van der Waals surface area contributed by atoms with Crippen molar-refractivity contribution >= 4 is 22.1 Å². The predicted molar refractivity (Wildman–Crippen MR) is 108 cm³/mol. The Morgan fingerprint density at radius 3 is 2.25 bits per heavy atom. The highest BCUT2D eigenvalue weighted by molar-refractivity contribution is 6.04. The van der Waals surface area contributed by atoms with Crippen LogP contribution >= 0.6 is 0 Å². The Morgan fingerprint density at radius 1 is 0.750 bits per heavy atom. The maximum absolute atomic E-state index is 6.08. The SMILES string of the molecule is COc1ccc(Oc2nc(-c3ccccc3)nc3c2oc2ccccc23)cc1. The Kier molecular flexibility index (Phi) is 3.91. The maximum atomic E-state index is 6.08. The van der Waals surface area contributed by atoms with Gasteiger partial charge in [0.05, 0.1) is 7.11 Å². The fraction of sp³-hybridized carbons (Fsp3) is 0.0435. The summed E-state index contributed by atoms with van der Waals surface area (Å²) in [7, 11) is 1.63. The van der Waals surface area contributed by atoms with Crippen molar-refractivity contribution in [3.8, 4) is 28.8 Å². The number of para-hydroxylation sites is 1. The average Bonchev–Trinajstić information content (AvgIpc) is 3.14. The van der Waals surface area contributed by atoms with Gasteiger partial charge in [-0.2, -0.15) is 4.98 Å². The molecule has 0 saturated heterocycles. The molecule has 0 aliphatic carbocycles. The van der Waals surface area contributed by atoms with Crippen molar-refractivity contribution < 1.29 is 13.9 Å². The molecule has 5 rings (SSSR count). The van der Waals surface area contributed by atoms with Gasteiger partial charge in [-0.25, -0.2) is 4.98 Å². The first-order valence-electron chi connectivity index (χ1n) is 8.88. The summed E-state index contributed by atoms with van der Waals surface area (Å²) in [5, 5.41) is 0.927. The summed E-state index contributed by atoms with van der Waals surface area (Å²) in [5.41, 5.74) is 2.91. The molecule has 0 atom stereocenters. The standard InChI is InChI=1S/C23H16N2O3/c1-26-16-11-13-17(14-12-16)27-23-21-20(18-9-5-6-10-19(18)28-21)24-22(25-23)15-7-3-2-4-8-15/h2-14H,1H3. The van der Waals surface area contributed by atoms with Gasteiger partial charge in [-0.05, 0) is 36.4 Å². The van der Waals surface area contributed by atoms with E-state index in [0.29, 0.717) is 23.0 Å². The van der Waals surface area contributed by atoms with Crippen LogP contribution in [0.15, 0.2) is 83.3 Å². The number of hydrogen-bond acceptors (Lipinski definition) is 5. The molecule has 5 heteroatoms. The van der Waals surface area contributed by atoms with E-state index in [9.17, 15) is 0 Å². The molecule has 0 unspecified atom stereocenters. The van der Waals surface area contributed by atoms with Crippen LogP contribution in [-0.2, 0) is 0 Å². The van der Waals surface area contributed by atoms with Crippen molar-refractivity contribution in [3.63, 3.8) is 0 Å². The van der Waals surface area contributed by atoms with Gasteiger partial charge >= 0.3 is 0 Å². The van der Waals surface area contributed by atoms with Crippen molar-refractivity contribution in [2.24, 2.45) is 0 Å². The first-order valence-corrected chi connectivity index (χ1v) is 8.88. The predicted octanol–water partition coefficient (Wildman–Crippen LogP) is 5.84. The number of nitrogens with zero attached hydrogens (tertiary/aromatic N) is 2. The van der Waals surface area contributed by atoms with E-state index in [2.05, 4.69) is 4.98 Å². The first-order chi connectivity index (χ1) is 13.8. The van der Waals surface area contributed by atoms with Crippen LogP contribution < -0.4 is 9.47 Å². The highest BCUT2D eigenvalue weighted by Crippen LogP contribution is 2.36. The molecule has 2 heterocycles. The molecule has 0 radical (unpaired) electrons. The van der Waals surface area contributed by atoms with E-state index in [4.69, 9.17) is 18.9 Å². The second kappa shape index (κ2) is 6.70. The van der Waals surface area contributed by atoms with Crippen molar-refractivity contribution in [2.45, 2.75) is 0 Å². The summed E-state index contributed by atoms with van der Waals surface area (Å²) >= 11 is 0. The molecule has 0 N–H and O–H groups in total. The van der Waals surface area contributed by atoms with Gasteiger partial charge < -0.3 is 13.9 Å². The van der Waals surface area contributed by atoms with Gasteiger partial charge in [-0.3, -0.25) is 0 Å². The summed E-state index contributed by atoms with van der Waals surface area (Å²) in [5.74, 6) is 2.36. The van der Waals surface area contributed by atoms with Gasteiger partial charge in [0.25, 0.3) is 5.88 Å². The first kappa shape index (κ1) is 16.3. The van der Waals surface area contributed by atoms with E-state index in [1.165, 1.54) is 0 Å². The molecule has 136 valence electrons. The number of benzene rings is 3. The Balaban J connectivity index is 1.71. The van der Waals surface area contributed by atoms with Gasteiger partial charge in [-0.15, -0.1) is 0 Å². The Bertz CT molecular complexity index is 1260. The second-order valence-electron chi connectivity index (χ2n) is 6.27. The van der Waals surface area contributed by atoms with E-state index in [0.717, 1.165) is 27.8 Å². The third-order valence-electron chi connectivity index (χ3n) is 4.49. The zero-order chi connectivity index (χ0) is 18.9. The molecule has 0 aliphatic heterocycles. The molecular formula is C23H16N2O3. The second-order valence-corrected chi connectivity index (χ2v) is 6.27. The fourth-order valence-electron chi connectivity index (χ4n) is 3.11. The number of fused-ring (bicyclic) bond motifs is 3. The molecule has 0 amide bonds. The molecule has 0 aliphatic rings. The van der Waals surface area contributed by atoms with Gasteiger partial charge in [-0.1, -0.05) is 42.5 Å². The van der Waals surface area contributed by atoms with Crippen LogP contribution in [-0.4, -0.2) is 17.1 Å². The average molecular weight is 368 g/mol. The van der Waals surface area contributed by atoms with E-state index in [-0.39, 0.29) is 0 Å². The molecule has 0 spiro atoms. The maximum Gasteiger partial charge on any atom is 0.267 e. The lowest BCUT2D eigenvalue weighted by Crippen LogP contribution is -1.95. The van der Waals surface area contributed by atoms with Crippen LogP contribution in [0.3, 0.4) is 0 Å². The summed E-state index contributed by atoms with van der Waals surface area (Å²) < 4.78 is 17.3. The summed E-state index contributed by atoms with van der Waals surface area (Å²) in [6.07, 6.45) is 0. The highest BCUT2D eigenvalue weighted by atomic mass is 16.5. The van der Waals surface area contributed by atoms with Crippen molar-refractivity contribution in [2.75, 3.05) is 7.11 Å². The summed E-state index contributed by atoms with van der Waals surface area (Å²) in [6, 6.07) is 25.0. The number of ether oxygens (including phenoxy) is 2. The lowest BCUT2D eigenvalue weighted by atomic mass is 10.2. The van der Waals surface area contributed by atoms with Gasteiger partial charge in [0.2, 0.25) is 5.58 Å². The van der Waals surface area contributed by atoms with Crippen LogP contribution in [0.25, 0.3) is 33.5 Å². The number of rotatable bonds is 4. The van der Waals surface area contributed by atoms with Crippen LogP contribution in [0.2, 0.25) is 0 Å². The molecule has 3 aromatic carbocycles. The lowest BCUT2D eigenvalue weighted by molar-refractivity contribution is 0.412. The Labute approximate surface area is 161 Å². The van der Waals surface area contributed by atoms with Gasteiger partial charge in [0.1, 0.15) is 22.6 Å². The number of methoxy groups -OCH3 is 1. The smallest absolute Gasteiger partial charge is 0.267 e. The minimum absolute atomic E-state index is 0.380. The van der Waals surface area contributed by atoms with E-state index in [1.54, 1.807) is 7.11 Å². The quantitative estimate of drug-likeness (QED) is 0.399. The van der Waals surface area contributed by atoms with E-state index < -0.39 is 0 Å². The molecular weight excluding hydrogens is 352 g/mol. The third kappa shape index (κ3) is 2.83. The summed E-state index contributed by atoms with van der Waals surface area (Å²) in [6.45, 7) is 0. The highest BCUT2D eigenvalue weighted by Gasteiger charge is 2.18. The number of furan rings is 1. The lowest BCUT2D eigenvalue weighted by Gasteiger charge is -2.08. The van der Waals surface area contributed by atoms with Crippen molar-refractivity contribution in [1.82, 2.24) is 9.97 Å². The molecule has 2 aromatic heterocycles. The summed E-state index contributed by atoms with van der Waals surface area (Å²) in [4.78, 5) is 9.40. The number of hydrogen-bond donors (Lipinski definition) is 0. The molecule has 5 aromatic rings. The molecule has 5 nitrogen and oxygen atoms in total. The van der Waals surface area contributed by atoms with E-state index >= 15 is 0 Å². The molecule has 28 heavy (non-hydrogen) atoms. The van der Waals surface area contributed by atoms with Crippen LogP contribution in [0.4, 0.5) is 0 Å². The minimum Gasteiger partial charge on any atom is -0.497 e. The normalized spacial score (nSPS) is 11.0. The topological polar surface area (TPSA) is 57.4 Å². The van der Waals surface area contributed by atoms with Gasteiger partial charge in [0.15, 0.2) is 5.82 Å². The zero-order valence-corrected chi connectivity index (χ0v) is 15.1. The van der Waals surface area contributed by atoms with Crippen molar-refractivity contribution in [3.05, 3.63) is 78.9 Å². The van der Waals surface area contributed by atoms with E-state index in [1.807, 2.05) is 78.9 Å². The molecule has 0 saturated carbocycles. The van der Waals surface area contributed by atoms with Crippen LogP contribution in [0, 0.1) is 0 Å². The molecule has 0 fully saturated rings. The van der Waals surface area contributed by atoms with Gasteiger partial charge in [0, 0.05) is 10.9 Å². The fourth-order valence-corrected chi connectivity index (χ4v) is 3.11. The minimum atomic E-state index is 0.380. The Morgan fingerprint density at radius 2 is 1.46 bits per heavy atom. The molecule has 0 bridgehead atoms. The van der Waals surface area contributed by atoms with Crippen molar-refractivity contribution in [1.29, 1.82) is 0 Å². The number of aromatic nitrogens is 2.